The van der Waals surface area contributed by atoms with Crippen molar-refractivity contribution in [3.8, 4) is 0 Å². The molecule has 2 aliphatic heterocycles. The van der Waals surface area contributed by atoms with E-state index >= 15 is 0 Å². The zero-order valence-electron chi connectivity index (χ0n) is 17.8. The number of sulfonamides is 1. The van der Waals surface area contributed by atoms with Gasteiger partial charge in [-0.15, -0.1) is 0 Å². The molecule has 166 valence electrons. The Balaban J connectivity index is 1.32. The van der Waals surface area contributed by atoms with Crippen LogP contribution in [0.25, 0.3) is 10.9 Å². The number of amides is 1. The molecule has 0 aliphatic carbocycles. The van der Waals surface area contributed by atoms with Crippen molar-refractivity contribution < 1.29 is 17.9 Å². The Labute approximate surface area is 187 Å². The summed E-state index contributed by atoms with van der Waals surface area (Å²) in [6, 6.07) is 18.4. The van der Waals surface area contributed by atoms with Gasteiger partial charge in [0.25, 0.3) is 0 Å². The van der Waals surface area contributed by atoms with Crippen LogP contribution in [0.5, 0.6) is 0 Å². The van der Waals surface area contributed by atoms with Crippen LogP contribution < -0.4 is 0 Å². The predicted molar refractivity (Wildman–Crippen MR) is 120 cm³/mol. The second-order valence-electron chi connectivity index (χ2n) is 8.33. The number of hydrogen-bond acceptors (Lipinski definition) is 5. The maximum absolute atomic E-state index is 13.4. The molecule has 0 saturated carbocycles. The number of piperidine rings is 1. The molecular formula is C24H25N3O4S. The molecule has 3 heterocycles. The van der Waals surface area contributed by atoms with E-state index in [0.29, 0.717) is 31.4 Å². The van der Waals surface area contributed by atoms with E-state index in [1.54, 1.807) is 29.3 Å². The predicted octanol–water partition coefficient (Wildman–Crippen LogP) is 3.97. The van der Waals surface area contributed by atoms with Crippen LogP contribution in [0.1, 0.15) is 31.4 Å². The van der Waals surface area contributed by atoms with Crippen LogP contribution in [0.2, 0.25) is 0 Å². The summed E-state index contributed by atoms with van der Waals surface area (Å²) in [5.41, 5.74) is 1.46. The van der Waals surface area contributed by atoms with Gasteiger partial charge in [-0.25, -0.2) is 13.2 Å². The van der Waals surface area contributed by atoms with Gasteiger partial charge in [0.1, 0.15) is 11.0 Å². The van der Waals surface area contributed by atoms with E-state index in [1.165, 1.54) is 4.31 Å². The molecule has 2 saturated heterocycles. The molecule has 0 radical (unpaired) electrons. The van der Waals surface area contributed by atoms with Crippen molar-refractivity contribution in [3.63, 3.8) is 0 Å². The highest BCUT2D eigenvalue weighted by Gasteiger charge is 2.44. The summed E-state index contributed by atoms with van der Waals surface area (Å²) >= 11 is 0. The molecule has 2 unspecified atom stereocenters. The highest BCUT2D eigenvalue weighted by Crippen LogP contribution is 2.36. The maximum atomic E-state index is 13.4. The molecule has 8 heteroatoms. The van der Waals surface area contributed by atoms with Crippen LogP contribution in [0, 0.1) is 0 Å². The summed E-state index contributed by atoms with van der Waals surface area (Å²) in [6.07, 6.45) is 2.10. The average molecular weight is 452 g/mol. The quantitative estimate of drug-likeness (QED) is 0.600. The summed E-state index contributed by atoms with van der Waals surface area (Å²) in [5, 5.41) is 0.795. The summed E-state index contributed by atoms with van der Waals surface area (Å²) in [6.45, 7) is 2.69. The minimum Gasteiger partial charge on any atom is -0.439 e. The first kappa shape index (κ1) is 20.9. The standard InChI is InChI=1S/C24H25N3O4S/c1-17-23(19-7-3-2-4-8-19)31-24(28)27(17)20-12-15-26(16-13-20)32(29,30)21-11-5-9-18-10-6-14-25-22(18)21/h2-11,14,17,20,23H,12-13,15-16H2,1H3. The van der Waals surface area contributed by atoms with Crippen LogP contribution in [-0.4, -0.2) is 53.9 Å². The number of carbonyl (C=O) groups is 1. The third kappa shape index (κ3) is 3.53. The number of ether oxygens (including phenoxy) is 1. The topological polar surface area (TPSA) is 79.8 Å². The lowest BCUT2D eigenvalue weighted by molar-refractivity contribution is 0.121. The van der Waals surface area contributed by atoms with Crippen molar-refractivity contribution in [3.05, 3.63) is 72.4 Å². The molecule has 1 aromatic heterocycles. The number of benzene rings is 2. The van der Waals surface area contributed by atoms with Gasteiger partial charge in [0.05, 0.1) is 11.6 Å². The molecule has 0 bridgehead atoms. The third-order valence-corrected chi connectivity index (χ3v) is 8.40. The molecule has 5 rings (SSSR count). The lowest BCUT2D eigenvalue weighted by Gasteiger charge is -2.37. The molecular weight excluding hydrogens is 426 g/mol. The Morgan fingerprint density at radius 1 is 0.969 bits per heavy atom. The normalized spacial score (nSPS) is 22.9. The Kier molecular flexibility index (Phi) is 5.35. The van der Waals surface area contributed by atoms with Gasteiger partial charge in [-0.2, -0.15) is 4.31 Å². The average Bonchev–Trinajstić information content (AvgIpc) is 3.13. The molecule has 2 aromatic carbocycles. The number of carbonyl (C=O) groups excluding carboxylic acids is 1. The lowest BCUT2D eigenvalue weighted by atomic mass is 9.99. The molecule has 2 aliphatic rings. The van der Waals surface area contributed by atoms with Gasteiger partial charge in [-0.3, -0.25) is 9.88 Å². The van der Waals surface area contributed by atoms with Crippen LogP contribution >= 0.6 is 0 Å². The number of hydrogen-bond donors (Lipinski definition) is 0. The second-order valence-corrected chi connectivity index (χ2v) is 10.2. The van der Waals surface area contributed by atoms with Gasteiger partial charge in [-0.1, -0.05) is 48.5 Å². The van der Waals surface area contributed by atoms with E-state index in [-0.39, 0.29) is 29.2 Å². The smallest absolute Gasteiger partial charge is 0.411 e. The van der Waals surface area contributed by atoms with Crippen molar-refractivity contribution in [2.75, 3.05) is 13.1 Å². The van der Waals surface area contributed by atoms with E-state index in [4.69, 9.17) is 4.74 Å². The first-order chi connectivity index (χ1) is 15.5. The summed E-state index contributed by atoms with van der Waals surface area (Å²) in [7, 11) is -3.68. The number of pyridine rings is 1. The van der Waals surface area contributed by atoms with Crippen LogP contribution in [-0.2, 0) is 14.8 Å². The molecule has 32 heavy (non-hydrogen) atoms. The van der Waals surface area contributed by atoms with Crippen LogP contribution in [0.3, 0.4) is 0 Å². The summed E-state index contributed by atoms with van der Waals surface area (Å²) in [4.78, 5) is 19.0. The van der Waals surface area contributed by atoms with Gasteiger partial charge in [-0.05, 0) is 37.5 Å². The minimum atomic E-state index is -3.68. The Hall–Kier alpha value is -2.97. The van der Waals surface area contributed by atoms with Crippen molar-refractivity contribution in [1.82, 2.24) is 14.2 Å². The Morgan fingerprint density at radius 2 is 1.69 bits per heavy atom. The maximum Gasteiger partial charge on any atom is 0.411 e. The van der Waals surface area contributed by atoms with Crippen molar-refractivity contribution >= 4 is 27.0 Å². The van der Waals surface area contributed by atoms with Crippen LogP contribution in [0.15, 0.2) is 71.8 Å². The highest BCUT2D eigenvalue weighted by molar-refractivity contribution is 7.89. The summed E-state index contributed by atoms with van der Waals surface area (Å²) in [5.74, 6) is 0. The summed E-state index contributed by atoms with van der Waals surface area (Å²) < 4.78 is 33.9. The van der Waals surface area contributed by atoms with E-state index in [0.717, 1.165) is 10.9 Å². The zero-order chi connectivity index (χ0) is 22.3. The fourth-order valence-corrected chi connectivity index (χ4v) is 6.47. The lowest BCUT2D eigenvalue weighted by Crippen LogP contribution is -2.49. The Morgan fingerprint density at radius 3 is 2.44 bits per heavy atom. The third-order valence-electron chi connectivity index (χ3n) is 6.47. The fraction of sp³-hybridized carbons (Fsp3) is 0.333. The SMILES string of the molecule is CC1C(c2ccccc2)OC(=O)N1C1CCN(S(=O)(=O)c2cccc3cccnc23)CC1. The van der Waals surface area contributed by atoms with Gasteiger partial charge < -0.3 is 4.74 Å². The van der Waals surface area contributed by atoms with Gasteiger partial charge in [0.2, 0.25) is 10.0 Å². The van der Waals surface area contributed by atoms with E-state index < -0.39 is 10.0 Å². The fourth-order valence-electron chi connectivity index (χ4n) is 4.84. The molecule has 0 N–H and O–H groups in total. The van der Waals surface area contributed by atoms with Crippen molar-refractivity contribution in [2.45, 2.75) is 42.8 Å². The molecule has 1 amide bonds. The Bertz CT molecular complexity index is 1240. The van der Waals surface area contributed by atoms with Gasteiger partial charge in [0, 0.05) is 30.7 Å². The number of fused-ring (bicyclic) bond motifs is 1. The largest absolute Gasteiger partial charge is 0.439 e. The van der Waals surface area contributed by atoms with Crippen molar-refractivity contribution in [1.29, 1.82) is 0 Å². The molecule has 2 atom stereocenters. The van der Waals surface area contributed by atoms with Crippen LogP contribution in [0.4, 0.5) is 4.79 Å². The number of nitrogens with zero attached hydrogens (tertiary/aromatic N) is 3. The van der Waals surface area contributed by atoms with Gasteiger partial charge in [0.15, 0.2) is 0 Å². The zero-order valence-corrected chi connectivity index (χ0v) is 18.6. The number of aromatic nitrogens is 1. The number of cyclic esters (lactones) is 1. The van der Waals surface area contributed by atoms with Gasteiger partial charge >= 0.3 is 6.09 Å². The minimum absolute atomic E-state index is 0.0525. The molecule has 2 fully saturated rings. The molecule has 0 spiro atoms. The molecule has 3 aromatic rings. The number of rotatable bonds is 4. The highest BCUT2D eigenvalue weighted by atomic mass is 32.2. The molecule has 7 nitrogen and oxygen atoms in total. The van der Waals surface area contributed by atoms with E-state index in [9.17, 15) is 13.2 Å². The first-order valence-corrected chi connectivity index (χ1v) is 12.3. The van der Waals surface area contributed by atoms with Crippen molar-refractivity contribution in [2.24, 2.45) is 0 Å². The monoisotopic (exact) mass is 451 g/mol. The number of para-hydroxylation sites is 1. The van der Waals surface area contributed by atoms with E-state index in [1.807, 2.05) is 49.4 Å². The second kappa shape index (κ2) is 8.18. The van der Waals surface area contributed by atoms with E-state index in [2.05, 4.69) is 4.98 Å². The first-order valence-electron chi connectivity index (χ1n) is 10.8.